The molecule has 156 valence electrons. The Balaban J connectivity index is 1.72. The van der Waals surface area contributed by atoms with Crippen molar-refractivity contribution in [3.05, 3.63) is 102 Å². The molecule has 3 aromatic rings. The standard InChI is InChI=1S/C25H27NO3S/c1-19-13-15-24(16-14-19)30(27,28)26-23(17-21-9-5-3-6-10-21)18-29-25(26)20(2)22-11-7-4-8-12-22/h3-16,20,23,25H,17-18H2,1-2H3/t20-,23-,25-/m0/s1. The lowest BCUT2D eigenvalue weighted by Crippen LogP contribution is -2.44. The van der Waals surface area contributed by atoms with E-state index in [1.54, 1.807) is 16.4 Å². The van der Waals surface area contributed by atoms with Crippen molar-refractivity contribution in [1.29, 1.82) is 0 Å². The number of aryl methyl sites for hydroxylation is 1. The Labute approximate surface area is 179 Å². The molecule has 30 heavy (non-hydrogen) atoms. The summed E-state index contributed by atoms with van der Waals surface area (Å²) in [5.41, 5.74) is 3.19. The van der Waals surface area contributed by atoms with Crippen LogP contribution in [0.4, 0.5) is 0 Å². The van der Waals surface area contributed by atoms with Crippen molar-refractivity contribution in [2.45, 2.75) is 43.4 Å². The van der Waals surface area contributed by atoms with Crippen LogP contribution in [0.3, 0.4) is 0 Å². The molecular weight excluding hydrogens is 394 g/mol. The minimum Gasteiger partial charge on any atom is -0.360 e. The maximum Gasteiger partial charge on any atom is 0.245 e. The molecule has 4 nitrogen and oxygen atoms in total. The van der Waals surface area contributed by atoms with Crippen LogP contribution in [-0.2, 0) is 21.2 Å². The molecule has 1 aliphatic rings. The molecule has 0 saturated carbocycles. The second-order valence-corrected chi connectivity index (χ2v) is 9.76. The summed E-state index contributed by atoms with van der Waals surface area (Å²) in [6.07, 6.45) is 0.0663. The van der Waals surface area contributed by atoms with Gasteiger partial charge < -0.3 is 4.74 Å². The monoisotopic (exact) mass is 421 g/mol. The molecule has 0 radical (unpaired) electrons. The van der Waals surface area contributed by atoms with E-state index in [4.69, 9.17) is 4.74 Å². The highest BCUT2D eigenvalue weighted by atomic mass is 32.2. The fourth-order valence-electron chi connectivity index (χ4n) is 4.05. The summed E-state index contributed by atoms with van der Waals surface area (Å²) < 4.78 is 35.2. The minimum absolute atomic E-state index is 0.0906. The van der Waals surface area contributed by atoms with E-state index in [0.717, 1.165) is 16.7 Å². The third-order valence-electron chi connectivity index (χ3n) is 5.73. The summed E-state index contributed by atoms with van der Waals surface area (Å²) in [6, 6.07) is 26.7. The van der Waals surface area contributed by atoms with E-state index in [-0.39, 0.29) is 12.0 Å². The normalized spacial score (nSPS) is 20.9. The predicted octanol–water partition coefficient (Wildman–Crippen LogP) is 4.76. The van der Waals surface area contributed by atoms with Gasteiger partial charge in [0.2, 0.25) is 10.0 Å². The predicted molar refractivity (Wildman–Crippen MR) is 119 cm³/mol. The first-order valence-corrected chi connectivity index (χ1v) is 11.7. The molecule has 3 aromatic carbocycles. The smallest absolute Gasteiger partial charge is 0.245 e. The van der Waals surface area contributed by atoms with Crippen LogP contribution in [0.25, 0.3) is 0 Å². The topological polar surface area (TPSA) is 46.6 Å². The molecule has 0 aromatic heterocycles. The Bertz CT molecular complexity index is 1070. The second-order valence-electron chi connectivity index (χ2n) is 7.91. The second kappa shape index (κ2) is 8.72. The van der Waals surface area contributed by atoms with Crippen LogP contribution >= 0.6 is 0 Å². The number of ether oxygens (including phenoxy) is 1. The van der Waals surface area contributed by atoms with Gasteiger partial charge in [-0.3, -0.25) is 0 Å². The zero-order valence-corrected chi connectivity index (χ0v) is 18.1. The lowest BCUT2D eigenvalue weighted by atomic mass is 9.99. The molecule has 0 amide bonds. The van der Waals surface area contributed by atoms with Gasteiger partial charge in [-0.25, -0.2) is 8.42 Å². The van der Waals surface area contributed by atoms with Crippen LogP contribution in [0.1, 0.15) is 29.5 Å². The average Bonchev–Trinajstić information content (AvgIpc) is 3.19. The Morgan fingerprint density at radius 2 is 1.53 bits per heavy atom. The quantitative estimate of drug-likeness (QED) is 0.577. The first-order valence-electron chi connectivity index (χ1n) is 10.3. The van der Waals surface area contributed by atoms with E-state index in [9.17, 15) is 8.42 Å². The fourth-order valence-corrected chi connectivity index (χ4v) is 5.82. The number of hydrogen-bond donors (Lipinski definition) is 0. The number of sulfonamides is 1. The van der Waals surface area contributed by atoms with Crippen LogP contribution in [0.15, 0.2) is 89.8 Å². The van der Waals surface area contributed by atoms with Gasteiger partial charge >= 0.3 is 0 Å². The minimum atomic E-state index is -3.72. The molecule has 0 unspecified atom stereocenters. The molecule has 1 heterocycles. The van der Waals surface area contributed by atoms with Gasteiger partial charge in [0.25, 0.3) is 0 Å². The van der Waals surface area contributed by atoms with Crippen LogP contribution in [0.2, 0.25) is 0 Å². The molecule has 0 aliphatic carbocycles. The van der Waals surface area contributed by atoms with Crippen molar-refractivity contribution in [3.63, 3.8) is 0 Å². The number of benzene rings is 3. The van der Waals surface area contributed by atoms with E-state index in [1.165, 1.54) is 0 Å². The summed E-state index contributed by atoms with van der Waals surface area (Å²) >= 11 is 0. The maximum atomic E-state index is 13.7. The number of nitrogens with zero attached hydrogens (tertiary/aromatic N) is 1. The number of rotatable bonds is 6. The van der Waals surface area contributed by atoms with Crippen molar-refractivity contribution in [2.24, 2.45) is 0 Å². The zero-order valence-electron chi connectivity index (χ0n) is 17.3. The molecule has 1 aliphatic heterocycles. The van der Waals surface area contributed by atoms with Crippen LogP contribution < -0.4 is 0 Å². The average molecular weight is 422 g/mol. The van der Waals surface area contributed by atoms with E-state index in [2.05, 4.69) is 0 Å². The summed E-state index contributed by atoms with van der Waals surface area (Å²) in [5.74, 6) is -0.0906. The van der Waals surface area contributed by atoms with Gasteiger partial charge in [-0.1, -0.05) is 85.3 Å². The lowest BCUT2D eigenvalue weighted by Gasteiger charge is -2.31. The molecular formula is C25H27NO3S. The SMILES string of the molecule is Cc1ccc(S(=O)(=O)N2[C@@H](Cc3ccccc3)CO[C@H]2[C@@H](C)c2ccccc2)cc1. The van der Waals surface area contributed by atoms with E-state index < -0.39 is 16.3 Å². The van der Waals surface area contributed by atoms with E-state index in [1.807, 2.05) is 86.6 Å². The number of hydrogen-bond acceptors (Lipinski definition) is 3. The molecule has 0 spiro atoms. The molecule has 0 N–H and O–H groups in total. The Morgan fingerprint density at radius 3 is 2.17 bits per heavy atom. The highest BCUT2D eigenvalue weighted by molar-refractivity contribution is 7.89. The molecule has 1 fully saturated rings. The van der Waals surface area contributed by atoms with Crippen LogP contribution in [-0.4, -0.2) is 31.6 Å². The summed E-state index contributed by atoms with van der Waals surface area (Å²) in [5, 5.41) is 0. The van der Waals surface area contributed by atoms with Gasteiger partial charge in [-0.15, -0.1) is 0 Å². The summed E-state index contributed by atoms with van der Waals surface area (Å²) in [7, 11) is -3.72. The summed E-state index contributed by atoms with van der Waals surface area (Å²) in [4.78, 5) is 0.307. The van der Waals surface area contributed by atoms with Crippen molar-refractivity contribution in [1.82, 2.24) is 4.31 Å². The molecule has 1 saturated heterocycles. The maximum absolute atomic E-state index is 13.7. The first-order chi connectivity index (χ1) is 14.5. The largest absolute Gasteiger partial charge is 0.360 e. The summed E-state index contributed by atoms with van der Waals surface area (Å²) in [6.45, 7) is 4.36. The first kappa shape index (κ1) is 20.8. The van der Waals surface area contributed by atoms with Gasteiger partial charge in [0.15, 0.2) is 0 Å². The molecule has 4 rings (SSSR count). The highest BCUT2D eigenvalue weighted by Crippen LogP contribution is 2.35. The van der Waals surface area contributed by atoms with Gasteiger partial charge in [-0.05, 0) is 36.6 Å². The third kappa shape index (κ3) is 4.19. The van der Waals surface area contributed by atoms with Gasteiger partial charge in [0.1, 0.15) is 6.23 Å². The molecule has 0 bridgehead atoms. The van der Waals surface area contributed by atoms with E-state index >= 15 is 0 Å². The molecule has 3 atom stereocenters. The van der Waals surface area contributed by atoms with Crippen LogP contribution in [0, 0.1) is 6.92 Å². The van der Waals surface area contributed by atoms with Gasteiger partial charge in [0.05, 0.1) is 17.5 Å². The van der Waals surface area contributed by atoms with Crippen LogP contribution in [0.5, 0.6) is 0 Å². The highest BCUT2D eigenvalue weighted by Gasteiger charge is 2.45. The lowest BCUT2D eigenvalue weighted by molar-refractivity contribution is 0.0494. The Morgan fingerprint density at radius 1 is 0.933 bits per heavy atom. The van der Waals surface area contributed by atoms with Crippen molar-refractivity contribution in [2.75, 3.05) is 6.61 Å². The van der Waals surface area contributed by atoms with Gasteiger partial charge in [0, 0.05) is 5.92 Å². The van der Waals surface area contributed by atoms with Crippen molar-refractivity contribution >= 4 is 10.0 Å². The van der Waals surface area contributed by atoms with Crippen molar-refractivity contribution in [3.8, 4) is 0 Å². The third-order valence-corrected chi connectivity index (χ3v) is 7.66. The Hall–Kier alpha value is -2.47. The zero-order chi connectivity index (χ0) is 21.1. The molecule has 5 heteroatoms. The van der Waals surface area contributed by atoms with Gasteiger partial charge in [-0.2, -0.15) is 4.31 Å². The van der Waals surface area contributed by atoms with E-state index in [0.29, 0.717) is 17.9 Å². The van der Waals surface area contributed by atoms with Crippen molar-refractivity contribution < 1.29 is 13.2 Å². The Kier molecular flexibility index (Phi) is 6.04. The fraction of sp³-hybridized carbons (Fsp3) is 0.280.